The van der Waals surface area contributed by atoms with Crippen molar-refractivity contribution < 1.29 is 5.11 Å². The van der Waals surface area contributed by atoms with Crippen LogP contribution in [-0.2, 0) is 6.42 Å². The van der Waals surface area contributed by atoms with Crippen molar-refractivity contribution in [1.82, 2.24) is 5.32 Å². The van der Waals surface area contributed by atoms with Crippen molar-refractivity contribution in [3.8, 4) is 0 Å². The molecule has 20 heavy (non-hydrogen) atoms. The highest BCUT2D eigenvalue weighted by atomic mass is 16.3. The van der Waals surface area contributed by atoms with E-state index >= 15 is 0 Å². The third-order valence-electron chi connectivity index (χ3n) is 5.49. The zero-order chi connectivity index (χ0) is 13.8. The van der Waals surface area contributed by atoms with Crippen molar-refractivity contribution in [2.24, 2.45) is 5.41 Å². The predicted octanol–water partition coefficient (Wildman–Crippen LogP) is 2.91. The second kappa shape index (κ2) is 4.19. The van der Waals surface area contributed by atoms with Crippen LogP contribution in [0.1, 0.15) is 43.7 Å². The number of aliphatic hydroxyl groups excluding tert-OH is 1. The first kappa shape index (κ1) is 12.6. The van der Waals surface area contributed by atoms with Gasteiger partial charge in [-0.15, -0.1) is 0 Å². The monoisotopic (exact) mass is 269 g/mol. The van der Waals surface area contributed by atoms with Gasteiger partial charge in [-0.3, -0.25) is 0 Å². The van der Waals surface area contributed by atoms with Crippen molar-refractivity contribution in [1.29, 1.82) is 0 Å². The summed E-state index contributed by atoms with van der Waals surface area (Å²) in [6.45, 7) is 2.68. The molecule has 0 radical (unpaired) electrons. The molecule has 5 rings (SSSR count). The van der Waals surface area contributed by atoms with Gasteiger partial charge in [-0.05, 0) is 61.1 Å². The molecule has 4 aliphatic rings. The Kier molecular flexibility index (Phi) is 2.64. The molecule has 1 atom stereocenters. The van der Waals surface area contributed by atoms with E-state index in [1.165, 1.54) is 36.0 Å². The summed E-state index contributed by atoms with van der Waals surface area (Å²) >= 11 is 0. The molecule has 0 amide bonds. The summed E-state index contributed by atoms with van der Waals surface area (Å²) in [5, 5.41) is 13.2. The normalized spacial score (nSPS) is 34.8. The van der Waals surface area contributed by atoms with Crippen LogP contribution < -0.4 is 5.32 Å². The number of rotatable bonds is 5. The highest BCUT2D eigenvalue weighted by Crippen LogP contribution is 2.67. The van der Waals surface area contributed by atoms with Gasteiger partial charge in [0.05, 0.1) is 0 Å². The lowest BCUT2D eigenvalue weighted by molar-refractivity contribution is -0.181. The SMILES string of the molecule is C[C@H](CC1=CCc2ccccc21)NC12CC(CO)(C1)C2. The van der Waals surface area contributed by atoms with E-state index in [4.69, 9.17) is 0 Å². The molecule has 0 spiro atoms. The lowest BCUT2D eigenvalue weighted by atomic mass is 9.39. The van der Waals surface area contributed by atoms with Crippen LogP contribution in [-0.4, -0.2) is 23.3 Å². The lowest BCUT2D eigenvalue weighted by Gasteiger charge is -2.71. The molecule has 1 aromatic carbocycles. The van der Waals surface area contributed by atoms with Crippen molar-refractivity contribution >= 4 is 5.57 Å². The number of aliphatic hydroxyl groups is 1. The molecular weight excluding hydrogens is 246 g/mol. The van der Waals surface area contributed by atoms with Crippen LogP contribution in [0.2, 0.25) is 0 Å². The smallest absolute Gasteiger partial charge is 0.0489 e. The topological polar surface area (TPSA) is 32.3 Å². The summed E-state index contributed by atoms with van der Waals surface area (Å²) in [7, 11) is 0. The first-order valence-electron chi connectivity index (χ1n) is 7.80. The van der Waals surface area contributed by atoms with Gasteiger partial charge < -0.3 is 10.4 Å². The minimum atomic E-state index is 0.298. The fourth-order valence-electron chi connectivity index (χ4n) is 4.77. The molecule has 4 aliphatic carbocycles. The number of benzene rings is 1. The maximum atomic E-state index is 9.33. The van der Waals surface area contributed by atoms with Crippen LogP contribution >= 0.6 is 0 Å². The average Bonchev–Trinajstić information content (AvgIpc) is 2.76. The van der Waals surface area contributed by atoms with E-state index in [1.54, 1.807) is 0 Å². The van der Waals surface area contributed by atoms with Gasteiger partial charge >= 0.3 is 0 Å². The minimum Gasteiger partial charge on any atom is -0.396 e. The molecular formula is C18H23NO. The van der Waals surface area contributed by atoms with Crippen LogP contribution in [0.25, 0.3) is 5.57 Å². The minimum absolute atomic E-state index is 0.298. The zero-order valence-electron chi connectivity index (χ0n) is 12.2. The molecule has 2 heteroatoms. The number of nitrogens with one attached hydrogen (secondary N) is 1. The molecule has 0 unspecified atom stereocenters. The van der Waals surface area contributed by atoms with Crippen molar-refractivity contribution in [2.45, 2.75) is 50.6 Å². The highest BCUT2D eigenvalue weighted by Gasteiger charge is 2.67. The van der Waals surface area contributed by atoms with E-state index in [-0.39, 0.29) is 0 Å². The van der Waals surface area contributed by atoms with Gasteiger partial charge in [-0.1, -0.05) is 30.3 Å². The van der Waals surface area contributed by atoms with Gasteiger partial charge in [0.1, 0.15) is 0 Å². The fourth-order valence-corrected chi connectivity index (χ4v) is 4.77. The molecule has 1 aromatic rings. The fraction of sp³-hybridized carbons (Fsp3) is 0.556. The van der Waals surface area contributed by atoms with Gasteiger partial charge in [0.25, 0.3) is 0 Å². The summed E-state index contributed by atoms with van der Waals surface area (Å²) in [5.41, 5.74) is 5.08. The maximum absolute atomic E-state index is 9.33. The Morgan fingerprint density at radius 3 is 2.75 bits per heavy atom. The van der Waals surface area contributed by atoms with E-state index in [0.29, 0.717) is 23.6 Å². The Labute approximate surface area is 120 Å². The first-order valence-corrected chi connectivity index (χ1v) is 7.80. The summed E-state index contributed by atoms with van der Waals surface area (Å²) in [6, 6.07) is 9.28. The molecule has 0 aromatic heterocycles. The number of allylic oxidation sites excluding steroid dienone is 1. The van der Waals surface area contributed by atoms with Crippen molar-refractivity contribution in [2.75, 3.05) is 6.61 Å². The van der Waals surface area contributed by atoms with Gasteiger partial charge in [0, 0.05) is 18.2 Å². The summed E-state index contributed by atoms with van der Waals surface area (Å²) in [5.74, 6) is 0. The molecule has 2 bridgehead atoms. The van der Waals surface area contributed by atoms with E-state index in [0.717, 1.165) is 12.8 Å². The lowest BCUT2D eigenvalue weighted by Crippen LogP contribution is -2.76. The molecule has 2 nitrogen and oxygen atoms in total. The zero-order valence-corrected chi connectivity index (χ0v) is 12.2. The van der Waals surface area contributed by atoms with Crippen molar-refractivity contribution in [3.63, 3.8) is 0 Å². The van der Waals surface area contributed by atoms with Gasteiger partial charge in [-0.2, -0.15) is 0 Å². The second-order valence-electron chi connectivity index (χ2n) is 7.31. The quantitative estimate of drug-likeness (QED) is 0.861. The Hall–Kier alpha value is -1.12. The Balaban J connectivity index is 1.37. The third kappa shape index (κ3) is 1.78. The van der Waals surface area contributed by atoms with E-state index < -0.39 is 0 Å². The van der Waals surface area contributed by atoms with Crippen LogP contribution in [0.5, 0.6) is 0 Å². The third-order valence-corrected chi connectivity index (χ3v) is 5.49. The Morgan fingerprint density at radius 2 is 2.00 bits per heavy atom. The van der Waals surface area contributed by atoms with Gasteiger partial charge in [-0.25, -0.2) is 0 Å². The molecule has 3 fully saturated rings. The Morgan fingerprint density at radius 1 is 1.25 bits per heavy atom. The van der Waals surface area contributed by atoms with Crippen LogP contribution in [0.4, 0.5) is 0 Å². The largest absolute Gasteiger partial charge is 0.396 e. The molecule has 106 valence electrons. The first-order chi connectivity index (χ1) is 9.64. The molecule has 3 saturated carbocycles. The Bertz CT molecular complexity index is 555. The van der Waals surface area contributed by atoms with Crippen LogP contribution in [0.15, 0.2) is 30.3 Å². The van der Waals surface area contributed by atoms with Crippen molar-refractivity contribution in [3.05, 3.63) is 41.5 Å². The molecule has 0 saturated heterocycles. The summed E-state index contributed by atoms with van der Waals surface area (Å²) in [6.07, 6.45) is 8.13. The molecule has 0 heterocycles. The average molecular weight is 269 g/mol. The number of fused-ring (bicyclic) bond motifs is 1. The maximum Gasteiger partial charge on any atom is 0.0489 e. The standard InChI is InChI=1S/C18H23NO/c1-13(19-18-9-17(10-18,11-18)12-20)8-15-7-6-14-4-2-3-5-16(14)15/h2-5,7,13,19-20H,6,8-12H2,1H3/t13-,17?,18?/m1/s1. The van der Waals surface area contributed by atoms with E-state index in [2.05, 4.69) is 42.6 Å². The highest BCUT2D eigenvalue weighted by molar-refractivity contribution is 5.73. The van der Waals surface area contributed by atoms with Crippen LogP contribution in [0.3, 0.4) is 0 Å². The van der Waals surface area contributed by atoms with Crippen LogP contribution in [0, 0.1) is 5.41 Å². The molecule has 0 aliphatic heterocycles. The summed E-state index contributed by atoms with van der Waals surface area (Å²) < 4.78 is 0. The second-order valence-corrected chi connectivity index (χ2v) is 7.31. The predicted molar refractivity (Wildman–Crippen MR) is 81.4 cm³/mol. The van der Waals surface area contributed by atoms with E-state index in [9.17, 15) is 5.11 Å². The number of hydrogen-bond acceptors (Lipinski definition) is 2. The van der Waals surface area contributed by atoms with Gasteiger partial charge in [0.15, 0.2) is 0 Å². The molecule has 2 N–H and O–H groups in total. The van der Waals surface area contributed by atoms with Gasteiger partial charge in [0.2, 0.25) is 0 Å². The summed E-state index contributed by atoms with van der Waals surface area (Å²) in [4.78, 5) is 0. The number of hydrogen-bond donors (Lipinski definition) is 2. The van der Waals surface area contributed by atoms with E-state index in [1.807, 2.05) is 0 Å².